The molecule has 3 N–H and O–H groups in total. The van der Waals surface area contributed by atoms with Gasteiger partial charge < -0.3 is 14.8 Å². The van der Waals surface area contributed by atoms with Gasteiger partial charge in [-0.2, -0.15) is 0 Å². The van der Waals surface area contributed by atoms with E-state index in [1.165, 1.54) is 12.1 Å². The summed E-state index contributed by atoms with van der Waals surface area (Å²) in [6, 6.07) is 12.2. The zero-order valence-corrected chi connectivity index (χ0v) is 18.9. The van der Waals surface area contributed by atoms with Gasteiger partial charge in [0.2, 0.25) is 15.9 Å². The third-order valence-electron chi connectivity index (χ3n) is 5.95. The highest BCUT2D eigenvalue weighted by Crippen LogP contribution is 2.37. The topological polar surface area (TPSA) is 111 Å². The summed E-state index contributed by atoms with van der Waals surface area (Å²) in [7, 11) is -3.74. The highest BCUT2D eigenvalue weighted by atomic mass is 32.2. The molecule has 4 rings (SSSR count). The van der Waals surface area contributed by atoms with Crippen molar-refractivity contribution in [2.75, 3.05) is 26.3 Å². The van der Waals surface area contributed by atoms with Gasteiger partial charge in [-0.15, -0.1) is 0 Å². The quantitative estimate of drug-likeness (QED) is 0.687. The Morgan fingerprint density at radius 3 is 2.56 bits per heavy atom. The molecule has 2 heterocycles. The molecule has 1 fully saturated rings. The molecule has 32 heavy (non-hydrogen) atoms. The lowest BCUT2D eigenvalue weighted by Gasteiger charge is -2.26. The Labute approximate surface area is 188 Å². The smallest absolute Gasteiger partial charge is 0.238 e. The van der Waals surface area contributed by atoms with Gasteiger partial charge in [-0.25, -0.2) is 13.6 Å². The molecule has 1 amide bonds. The molecule has 0 aromatic heterocycles. The zero-order chi connectivity index (χ0) is 22.7. The summed E-state index contributed by atoms with van der Waals surface area (Å²) in [6.45, 7) is 4.31. The predicted octanol–water partition coefficient (Wildman–Crippen LogP) is 2.51. The van der Waals surface area contributed by atoms with E-state index in [9.17, 15) is 13.2 Å². The number of ether oxygens (including phenoxy) is 2. The van der Waals surface area contributed by atoms with Crippen molar-refractivity contribution in [3.63, 3.8) is 0 Å². The second-order valence-corrected chi connectivity index (χ2v) is 9.85. The van der Waals surface area contributed by atoms with Crippen LogP contribution in [0.3, 0.4) is 0 Å². The molecular weight excluding hydrogens is 430 g/mol. The molecule has 2 aliphatic heterocycles. The van der Waals surface area contributed by atoms with Crippen molar-refractivity contribution >= 4 is 15.9 Å². The molecule has 8 nitrogen and oxygen atoms in total. The molecule has 0 aliphatic carbocycles. The summed E-state index contributed by atoms with van der Waals surface area (Å²) in [5, 5.41) is 8.15. The van der Waals surface area contributed by atoms with E-state index < -0.39 is 10.0 Å². The predicted molar refractivity (Wildman–Crippen MR) is 120 cm³/mol. The number of fused-ring (bicyclic) bond motifs is 1. The first-order chi connectivity index (χ1) is 15.3. The van der Waals surface area contributed by atoms with E-state index in [-0.39, 0.29) is 22.9 Å². The Balaban J connectivity index is 1.39. The molecule has 172 valence electrons. The Hall–Kier alpha value is -2.62. The van der Waals surface area contributed by atoms with Crippen LogP contribution in [0.15, 0.2) is 47.4 Å². The van der Waals surface area contributed by atoms with Gasteiger partial charge in [-0.3, -0.25) is 9.69 Å². The van der Waals surface area contributed by atoms with Crippen molar-refractivity contribution in [3.8, 4) is 11.5 Å². The molecule has 0 saturated carbocycles. The number of hydrogen-bond donors (Lipinski definition) is 2. The number of nitrogens with zero attached hydrogens (tertiary/aromatic N) is 1. The fourth-order valence-electron chi connectivity index (χ4n) is 4.28. The molecule has 2 aromatic rings. The summed E-state index contributed by atoms with van der Waals surface area (Å²) in [4.78, 5) is 15.0. The number of carbonyl (C=O) groups is 1. The lowest BCUT2D eigenvalue weighted by Crippen LogP contribution is -2.38. The van der Waals surface area contributed by atoms with E-state index in [1.807, 2.05) is 19.1 Å². The zero-order valence-electron chi connectivity index (χ0n) is 18.1. The largest absolute Gasteiger partial charge is 0.490 e. The maximum absolute atomic E-state index is 12.8. The highest BCUT2D eigenvalue weighted by Gasteiger charge is 2.29. The third-order valence-corrected chi connectivity index (χ3v) is 6.88. The molecule has 0 spiro atoms. The Morgan fingerprint density at radius 1 is 1.12 bits per heavy atom. The summed E-state index contributed by atoms with van der Waals surface area (Å²) < 4.78 is 34.4. The van der Waals surface area contributed by atoms with Crippen LogP contribution in [0.5, 0.6) is 11.5 Å². The summed E-state index contributed by atoms with van der Waals surface area (Å²) >= 11 is 0. The van der Waals surface area contributed by atoms with Gasteiger partial charge in [0, 0.05) is 12.5 Å². The van der Waals surface area contributed by atoms with E-state index in [4.69, 9.17) is 14.6 Å². The van der Waals surface area contributed by atoms with Crippen molar-refractivity contribution in [1.82, 2.24) is 10.2 Å². The average Bonchev–Trinajstić information content (AvgIpc) is 3.08. The average molecular weight is 460 g/mol. The number of benzene rings is 2. The van der Waals surface area contributed by atoms with Gasteiger partial charge >= 0.3 is 0 Å². The number of primary sulfonamides is 1. The molecule has 1 saturated heterocycles. The standard InChI is InChI=1S/C23H29N3O5S/c1-16(17-5-8-19(9-6-17)32(24,28)29)25-23(27)15-26-11-2-4-20(26)18-7-10-21-22(14-18)31-13-3-12-30-21/h5-10,14,16,20H,2-4,11-13,15H2,1H3,(H,25,27)(H2,24,28,29)/t16-,20+/m1/s1. The Kier molecular flexibility index (Phi) is 6.68. The lowest BCUT2D eigenvalue weighted by molar-refractivity contribution is -0.123. The van der Waals surface area contributed by atoms with Crippen LogP contribution in [0, 0.1) is 0 Å². The van der Waals surface area contributed by atoms with E-state index in [1.54, 1.807) is 12.1 Å². The van der Waals surface area contributed by atoms with Crippen LogP contribution in [-0.2, 0) is 14.8 Å². The van der Waals surface area contributed by atoms with Crippen LogP contribution in [0.2, 0.25) is 0 Å². The minimum absolute atomic E-state index is 0.0508. The number of rotatable bonds is 6. The van der Waals surface area contributed by atoms with Gasteiger partial charge in [0.1, 0.15) is 0 Å². The van der Waals surface area contributed by atoms with Gasteiger partial charge in [-0.05, 0) is 61.7 Å². The van der Waals surface area contributed by atoms with Gasteiger partial charge in [0.15, 0.2) is 11.5 Å². The molecule has 0 radical (unpaired) electrons. The number of hydrogen-bond acceptors (Lipinski definition) is 6. The fraction of sp³-hybridized carbons (Fsp3) is 0.435. The van der Waals surface area contributed by atoms with Gasteiger partial charge in [-0.1, -0.05) is 18.2 Å². The Morgan fingerprint density at radius 2 is 1.84 bits per heavy atom. The number of amides is 1. The maximum atomic E-state index is 12.8. The van der Waals surface area contributed by atoms with Crippen LogP contribution < -0.4 is 19.9 Å². The van der Waals surface area contributed by atoms with E-state index in [0.717, 1.165) is 48.4 Å². The minimum Gasteiger partial charge on any atom is -0.490 e. The van der Waals surface area contributed by atoms with E-state index >= 15 is 0 Å². The lowest BCUT2D eigenvalue weighted by atomic mass is 10.0. The fourth-order valence-corrected chi connectivity index (χ4v) is 4.80. The molecular formula is C23H29N3O5S. The number of nitrogens with one attached hydrogen (secondary N) is 1. The molecule has 9 heteroatoms. The molecule has 0 bridgehead atoms. The normalized spacial score (nSPS) is 19.9. The second kappa shape index (κ2) is 9.48. The van der Waals surface area contributed by atoms with Crippen LogP contribution in [-0.4, -0.2) is 45.5 Å². The monoisotopic (exact) mass is 459 g/mol. The van der Waals surface area contributed by atoms with Crippen molar-refractivity contribution in [1.29, 1.82) is 0 Å². The molecule has 2 atom stereocenters. The first-order valence-electron chi connectivity index (χ1n) is 10.9. The Bertz CT molecular complexity index is 1070. The highest BCUT2D eigenvalue weighted by molar-refractivity contribution is 7.89. The third kappa shape index (κ3) is 5.23. The SMILES string of the molecule is C[C@@H](NC(=O)CN1CCC[C@H]1c1ccc2c(c1)OCCCO2)c1ccc(S(N)(=O)=O)cc1. The molecule has 2 aromatic carbocycles. The summed E-state index contributed by atoms with van der Waals surface area (Å²) in [5.41, 5.74) is 1.94. The molecule has 2 aliphatic rings. The summed E-state index contributed by atoms with van der Waals surface area (Å²) in [5.74, 6) is 1.47. The van der Waals surface area contributed by atoms with Gasteiger partial charge in [0.05, 0.1) is 30.7 Å². The number of carbonyl (C=O) groups excluding carboxylic acids is 1. The van der Waals surface area contributed by atoms with Gasteiger partial charge in [0.25, 0.3) is 0 Å². The first-order valence-corrected chi connectivity index (χ1v) is 12.4. The number of sulfonamides is 1. The minimum atomic E-state index is -3.74. The van der Waals surface area contributed by atoms with Crippen molar-refractivity contribution < 1.29 is 22.7 Å². The van der Waals surface area contributed by atoms with Crippen LogP contribution in [0.25, 0.3) is 0 Å². The van der Waals surface area contributed by atoms with Crippen molar-refractivity contribution in [2.24, 2.45) is 5.14 Å². The van der Waals surface area contributed by atoms with Crippen molar-refractivity contribution in [3.05, 3.63) is 53.6 Å². The van der Waals surface area contributed by atoms with Crippen molar-refractivity contribution in [2.45, 2.75) is 43.2 Å². The van der Waals surface area contributed by atoms with Crippen LogP contribution >= 0.6 is 0 Å². The van der Waals surface area contributed by atoms with E-state index in [2.05, 4.69) is 16.3 Å². The first kappa shape index (κ1) is 22.6. The number of nitrogens with two attached hydrogens (primary N) is 1. The molecule has 0 unspecified atom stereocenters. The van der Waals surface area contributed by atoms with Crippen LogP contribution in [0.4, 0.5) is 0 Å². The number of likely N-dealkylation sites (tertiary alicyclic amines) is 1. The van der Waals surface area contributed by atoms with Crippen LogP contribution in [0.1, 0.15) is 49.4 Å². The maximum Gasteiger partial charge on any atom is 0.238 e. The van der Waals surface area contributed by atoms with E-state index in [0.29, 0.717) is 19.8 Å². The summed E-state index contributed by atoms with van der Waals surface area (Å²) in [6.07, 6.45) is 2.87. The second-order valence-electron chi connectivity index (χ2n) is 8.29.